The molecule has 0 unspecified atom stereocenters. The zero-order chi connectivity index (χ0) is 24.1. The van der Waals surface area contributed by atoms with Crippen LogP contribution < -0.4 is 10.9 Å². The highest BCUT2D eigenvalue weighted by atomic mass is 35.5. The number of nitrogens with one attached hydrogen (secondary N) is 1. The van der Waals surface area contributed by atoms with Crippen molar-refractivity contribution in [2.75, 3.05) is 17.7 Å². The molecule has 7 nitrogen and oxygen atoms in total. The first kappa shape index (κ1) is 23.5. The predicted molar refractivity (Wildman–Crippen MR) is 134 cm³/mol. The minimum absolute atomic E-state index is 0.00498. The summed E-state index contributed by atoms with van der Waals surface area (Å²) in [6, 6.07) is 20.8. The summed E-state index contributed by atoms with van der Waals surface area (Å²) < 4.78 is 6.50. The van der Waals surface area contributed by atoms with E-state index in [1.54, 1.807) is 31.2 Å². The third-order valence-electron chi connectivity index (χ3n) is 4.84. The zero-order valence-electron chi connectivity index (χ0n) is 18.2. The number of esters is 1. The van der Waals surface area contributed by atoms with Crippen LogP contribution in [0.2, 0.25) is 5.02 Å². The van der Waals surface area contributed by atoms with Gasteiger partial charge in [-0.2, -0.15) is 0 Å². The van der Waals surface area contributed by atoms with Crippen molar-refractivity contribution in [3.05, 3.63) is 93.7 Å². The van der Waals surface area contributed by atoms with Crippen LogP contribution in [-0.4, -0.2) is 33.8 Å². The Morgan fingerprint density at radius 3 is 2.56 bits per heavy atom. The highest BCUT2D eigenvalue weighted by molar-refractivity contribution is 7.99. The summed E-state index contributed by atoms with van der Waals surface area (Å²) in [4.78, 5) is 42.6. The number of halogens is 1. The Bertz CT molecular complexity index is 1420. The molecule has 1 N–H and O–H groups in total. The quantitative estimate of drug-likeness (QED) is 0.222. The van der Waals surface area contributed by atoms with Crippen LogP contribution in [0.3, 0.4) is 0 Å². The summed E-state index contributed by atoms with van der Waals surface area (Å²) in [5.41, 5.74) is 1.58. The fourth-order valence-electron chi connectivity index (χ4n) is 3.31. The third kappa shape index (κ3) is 5.13. The summed E-state index contributed by atoms with van der Waals surface area (Å²) in [5, 5.41) is 3.87. The summed E-state index contributed by atoms with van der Waals surface area (Å²) >= 11 is 7.23. The monoisotopic (exact) mass is 493 g/mol. The average Bonchev–Trinajstić information content (AvgIpc) is 2.84. The van der Waals surface area contributed by atoms with Gasteiger partial charge in [0.15, 0.2) is 5.16 Å². The van der Waals surface area contributed by atoms with Gasteiger partial charge < -0.3 is 10.1 Å². The van der Waals surface area contributed by atoms with Gasteiger partial charge in [0, 0.05) is 5.69 Å². The SMILES string of the molecule is CCOC(=O)c1cc(NC(=O)CSc2nc3ccccc3c(=O)n2-c2ccccc2)ccc1Cl. The van der Waals surface area contributed by atoms with Crippen LogP contribution in [0.5, 0.6) is 0 Å². The number of amides is 1. The first-order chi connectivity index (χ1) is 16.5. The second-order valence-corrected chi connectivity index (χ2v) is 8.49. The Balaban J connectivity index is 1.58. The largest absolute Gasteiger partial charge is 0.462 e. The van der Waals surface area contributed by atoms with Gasteiger partial charge in [0.2, 0.25) is 5.91 Å². The van der Waals surface area contributed by atoms with E-state index in [4.69, 9.17) is 16.3 Å². The molecule has 1 amide bonds. The number of thioether (sulfide) groups is 1. The number of fused-ring (bicyclic) bond motifs is 1. The van der Waals surface area contributed by atoms with Crippen molar-refractivity contribution in [2.24, 2.45) is 0 Å². The molecule has 0 saturated heterocycles. The lowest BCUT2D eigenvalue weighted by Gasteiger charge is -2.13. The topological polar surface area (TPSA) is 90.3 Å². The van der Waals surface area contributed by atoms with E-state index in [1.165, 1.54) is 16.7 Å². The first-order valence-corrected chi connectivity index (χ1v) is 11.8. The van der Waals surface area contributed by atoms with Gasteiger partial charge in [0.25, 0.3) is 5.56 Å². The Hall–Kier alpha value is -3.62. The lowest BCUT2D eigenvalue weighted by molar-refractivity contribution is -0.113. The maximum absolute atomic E-state index is 13.2. The molecule has 0 fully saturated rings. The lowest BCUT2D eigenvalue weighted by Crippen LogP contribution is -2.23. The Morgan fingerprint density at radius 1 is 1.06 bits per heavy atom. The van der Waals surface area contributed by atoms with Crippen LogP contribution in [0.25, 0.3) is 16.6 Å². The van der Waals surface area contributed by atoms with E-state index in [2.05, 4.69) is 10.3 Å². The van der Waals surface area contributed by atoms with Crippen LogP contribution in [0.15, 0.2) is 82.7 Å². The Kier molecular flexibility index (Phi) is 7.30. The van der Waals surface area contributed by atoms with E-state index in [0.29, 0.717) is 27.4 Å². The first-order valence-electron chi connectivity index (χ1n) is 10.4. The smallest absolute Gasteiger partial charge is 0.339 e. The molecule has 3 aromatic carbocycles. The second kappa shape index (κ2) is 10.5. The van der Waals surface area contributed by atoms with E-state index < -0.39 is 5.97 Å². The fraction of sp³-hybridized carbons (Fsp3) is 0.120. The molecule has 0 spiro atoms. The number of rotatable bonds is 7. The number of para-hydroxylation sites is 2. The molecule has 172 valence electrons. The molecule has 0 saturated carbocycles. The van der Waals surface area contributed by atoms with E-state index in [-0.39, 0.29) is 34.4 Å². The van der Waals surface area contributed by atoms with Crippen LogP contribution in [0, 0.1) is 0 Å². The van der Waals surface area contributed by atoms with Crippen molar-refractivity contribution in [2.45, 2.75) is 12.1 Å². The number of hydrogen-bond acceptors (Lipinski definition) is 6. The number of nitrogens with zero attached hydrogens (tertiary/aromatic N) is 2. The van der Waals surface area contributed by atoms with Crippen molar-refractivity contribution >= 4 is 51.8 Å². The van der Waals surface area contributed by atoms with E-state index in [9.17, 15) is 14.4 Å². The fourth-order valence-corrected chi connectivity index (χ4v) is 4.32. The number of hydrogen-bond donors (Lipinski definition) is 1. The van der Waals surface area contributed by atoms with Gasteiger partial charge in [-0.25, -0.2) is 9.78 Å². The molecular formula is C25H20ClN3O4S. The van der Waals surface area contributed by atoms with Crippen LogP contribution >= 0.6 is 23.4 Å². The third-order valence-corrected chi connectivity index (χ3v) is 6.11. The van der Waals surface area contributed by atoms with E-state index >= 15 is 0 Å². The van der Waals surface area contributed by atoms with Crippen molar-refractivity contribution in [3.63, 3.8) is 0 Å². The molecule has 0 aliphatic carbocycles. The lowest BCUT2D eigenvalue weighted by atomic mass is 10.2. The van der Waals surface area contributed by atoms with Gasteiger partial charge in [-0.15, -0.1) is 0 Å². The number of ether oxygens (including phenoxy) is 1. The summed E-state index contributed by atoms with van der Waals surface area (Å²) in [5.74, 6) is -0.899. The molecule has 4 rings (SSSR count). The van der Waals surface area contributed by atoms with Gasteiger partial charge >= 0.3 is 5.97 Å². The average molecular weight is 494 g/mol. The van der Waals surface area contributed by atoms with Crippen LogP contribution in [0.1, 0.15) is 17.3 Å². The number of aromatic nitrogens is 2. The number of carbonyl (C=O) groups is 2. The molecule has 1 heterocycles. The maximum atomic E-state index is 13.2. The van der Waals surface area contributed by atoms with Gasteiger partial charge in [0.1, 0.15) is 0 Å². The number of carbonyl (C=O) groups excluding carboxylic acids is 2. The van der Waals surface area contributed by atoms with Crippen molar-refractivity contribution in [3.8, 4) is 5.69 Å². The predicted octanol–water partition coefficient (Wildman–Crippen LogP) is 4.95. The molecule has 0 aliphatic rings. The van der Waals surface area contributed by atoms with Crippen LogP contribution in [-0.2, 0) is 9.53 Å². The molecule has 0 atom stereocenters. The molecule has 34 heavy (non-hydrogen) atoms. The summed E-state index contributed by atoms with van der Waals surface area (Å²) in [6.07, 6.45) is 0. The van der Waals surface area contributed by atoms with Gasteiger partial charge in [-0.1, -0.05) is 53.7 Å². The van der Waals surface area contributed by atoms with Gasteiger partial charge in [-0.05, 0) is 49.4 Å². The number of anilines is 1. The molecule has 4 aromatic rings. The standard InChI is InChI=1S/C25H20ClN3O4S/c1-2-33-24(32)19-14-16(12-13-20(19)26)27-22(30)15-34-25-28-21-11-7-6-10-18(21)23(31)29(25)17-8-4-3-5-9-17/h3-14H,2,15H2,1H3,(H,27,30). The van der Waals surface area contributed by atoms with E-state index in [1.807, 2.05) is 36.4 Å². The normalized spacial score (nSPS) is 10.8. The molecular weight excluding hydrogens is 474 g/mol. The van der Waals surface area contributed by atoms with Gasteiger partial charge in [-0.3, -0.25) is 14.2 Å². The minimum atomic E-state index is -0.565. The molecule has 1 aromatic heterocycles. The van der Waals surface area contributed by atoms with Gasteiger partial charge in [0.05, 0.1) is 39.5 Å². The van der Waals surface area contributed by atoms with E-state index in [0.717, 1.165) is 11.8 Å². The highest BCUT2D eigenvalue weighted by Crippen LogP contribution is 2.24. The molecule has 0 aliphatic heterocycles. The van der Waals surface area contributed by atoms with Crippen molar-refractivity contribution in [1.82, 2.24) is 9.55 Å². The minimum Gasteiger partial charge on any atom is -0.462 e. The second-order valence-electron chi connectivity index (χ2n) is 7.14. The zero-order valence-corrected chi connectivity index (χ0v) is 19.7. The van der Waals surface area contributed by atoms with Crippen LogP contribution in [0.4, 0.5) is 5.69 Å². The molecule has 0 radical (unpaired) electrons. The maximum Gasteiger partial charge on any atom is 0.339 e. The Morgan fingerprint density at radius 2 is 1.79 bits per heavy atom. The van der Waals surface area contributed by atoms with Crippen molar-refractivity contribution in [1.29, 1.82) is 0 Å². The number of benzene rings is 3. The molecule has 0 bridgehead atoms. The van der Waals surface area contributed by atoms with Crippen molar-refractivity contribution < 1.29 is 14.3 Å². The Labute approximate surface area is 204 Å². The summed E-state index contributed by atoms with van der Waals surface area (Å²) in [7, 11) is 0. The molecule has 9 heteroatoms. The highest BCUT2D eigenvalue weighted by Gasteiger charge is 2.16. The summed E-state index contributed by atoms with van der Waals surface area (Å²) in [6.45, 7) is 1.91.